The van der Waals surface area contributed by atoms with Crippen LogP contribution in [0.4, 0.5) is 0 Å². The van der Waals surface area contributed by atoms with Gasteiger partial charge in [0.1, 0.15) is 0 Å². The molecule has 1 N–H and O–H groups in total. The molecule has 0 saturated heterocycles. The second-order valence-electron chi connectivity index (χ2n) is 5.81. The number of amides is 1. The summed E-state index contributed by atoms with van der Waals surface area (Å²) in [4.78, 5) is 11.9. The summed E-state index contributed by atoms with van der Waals surface area (Å²) in [6.45, 7) is 4.96. The average molecular weight is 360 g/mol. The molecule has 2 aromatic rings. The molecule has 1 amide bonds. The van der Waals surface area contributed by atoms with E-state index < -0.39 is 0 Å². The summed E-state index contributed by atoms with van der Waals surface area (Å²) in [6, 6.07) is 16.9. The van der Waals surface area contributed by atoms with Crippen molar-refractivity contribution in [3.8, 4) is 0 Å². The summed E-state index contributed by atoms with van der Waals surface area (Å²) >= 11 is 3.53. The van der Waals surface area contributed by atoms with Gasteiger partial charge in [-0.3, -0.25) is 4.79 Å². The Hall–Kier alpha value is -1.39. The molecule has 24 heavy (non-hydrogen) atoms. The zero-order valence-corrected chi connectivity index (χ0v) is 16.0. The van der Waals surface area contributed by atoms with E-state index in [2.05, 4.69) is 61.6 Å². The first-order valence-corrected chi connectivity index (χ1v) is 10.5. The summed E-state index contributed by atoms with van der Waals surface area (Å²) in [6.07, 6.45) is 0. The molecule has 0 atom stereocenters. The van der Waals surface area contributed by atoms with E-state index in [0.717, 1.165) is 23.8 Å². The minimum atomic E-state index is 0.129. The standard InChI is InChI=1S/C20H25NOS2/c1-16-6-5-8-18(12-16)13-23-11-10-21-20(22)15-24-14-19-9-4-3-7-17(19)2/h3-9,12H,10-11,13-15H2,1-2H3,(H,21,22). The van der Waals surface area contributed by atoms with Crippen LogP contribution in [0, 0.1) is 13.8 Å². The molecule has 128 valence electrons. The van der Waals surface area contributed by atoms with E-state index in [1.807, 2.05) is 17.8 Å². The second kappa shape index (κ2) is 10.5. The smallest absolute Gasteiger partial charge is 0.230 e. The molecule has 0 heterocycles. The van der Waals surface area contributed by atoms with Gasteiger partial charge in [0.15, 0.2) is 0 Å². The summed E-state index contributed by atoms with van der Waals surface area (Å²) in [5.41, 5.74) is 5.24. The van der Waals surface area contributed by atoms with Crippen molar-refractivity contribution in [3.05, 3.63) is 70.8 Å². The van der Waals surface area contributed by atoms with Gasteiger partial charge in [-0.2, -0.15) is 11.8 Å². The molecule has 0 aliphatic carbocycles. The maximum absolute atomic E-state index is 11.9. The van der Waals surface area contributed by atoms with E-state index in [0.29, 0.717) is 5.75 Å². The van der Waals surface area contributed by atoms with Gasteiger partial charge < -0.3 is 5.32 Å². The lowest BCUT2D eigenvalue weighted by Gasteiger charge is -2.07. The van der Waals surface area contributed by atoms with E-state index in [9.17, 15) is 4.79 Å². The number of aryl methyl sites for hydroxylation is 2. The molecule has 0 aliphatic heterocycles. The van der Waals surface area contributed by atoms with Crippen LogP contribution in [-0.4, -0.2) is 24.0 Å². The molecule has 0 unspecified atom stereocenters. The lowest BCUT2D eigenvalue weighted by molar-refractivity contribution is -0.118. The quantitative estimate of drug-likeness (QED) is 0.664. The van der Waals surface area contributed by atoms with Crippen molar-refractivity contribution in [1.29, 1.82) is 0 Å². The summed E-state index contributed by atoms with van der Waals surface area (Å²) in [7, 11) is 0. The maximum atomic E-state index is 11.9. The first kappa shape index (κ1) is 18.9. The number of thioether (sulfide) groups is 2. The molecule has 0 bridgehead atoms. The Bertz CT molecular complexity index is 658. The van der Waals surface area contributed by atoms with Crippen LogP contribution >= 0.6 is 23.5 Å². The molecule has 2 nitrogen and oxygen atoms in total. The number of carbonyl (C=O) groups excluding carboxylic acids is 1. The highest BCUT2D eigenvalue weighted by molar-refractivity contribution is 7.99. The molecule has 2 aromatic carbocycles. The molecular formula is C20H25NOS2. The van der Waals surface area contributed by atoms with Gasteiger partial charge in [0.25, 0.3) is 0 Å². The molecule has 0 saturated carbocycles. The maximum Gasteiger partial charge on any atom is 0.230 e. The fourth-order valence-corrected chi connectivity index (χ4v) is 4.07. The third-order valence-corrected chi connectivity index (χ3v) is 5.68. The first-order valence-electron chi connectivity index (χ1n) is 8.17. The van der Waals surface area contributed by atoms with Crippen molar-refractivity contribution in [2.75, 3.05) is 18.1 Å². The number of hydrogen-bond acceptors (Lipinski definition) is 3. The molecule has 0 aromatic heterocycles. The van der Waals surface area contributed by atoms with Crippen molar-refractivity contribution >= 4 is 29.4 Å². The lowest BCUT2D eigenvalue weighted by Crippen LogP contribution is -2.27. The third-order valence-electron chi connectivity index (χ3n) is 3.67. The van der Waals surface area contributed by atoms with Gasteiger partial charge in [0, 0.05) is 23.8 Å². The molecule has 0 fully saturated rings. The molecular weight excluding hydrogens is 334 g/mol. The summed E-state index contributed by atoms with van der Waals surface area (Å²) in [5, 5.41) is 3.00. The van der Waals surface area contributed by atoms with Gasteiger partial charge in [0.2, 0.25) is 5.91 Å². The number of nitrogens with one attached hydrogen (secondary N) is 1. The van der Waals surface area contributed by atoms with Crippen LogP contribution in [-0.2, 0) is 16.3 Å². The van der Waals surface area contributed by atoms with Gasteiger partial charge >= 0.3 is 0 Å². The lowest BCUT2D eigenvalue weighted by atomic mass is 10.1. The number of hydrogen-bond donors (Lipinski definition) is 1. The Kier molecular flexibility index (Phi) is 8.26. The van der Waals surface area contributed by atoms with Crippen molar-refractivity contribution in [3.63, 3.8) is 0 Å². The van der Waals surface area contributed by atoms with Gasteiger partial charge in [0.05, 0.1) is 5.75 Å². The van der Waals surface area contributed by atoms with Crippen molar-refractivity contribution in [1.82, 2.24) is 5.32 Å². The Labute approximate surface area is 153 Å². The van der Waals surface area contributed by atoms with Crippen molar-refractivity contribution < 1.29 is 4.79 Å². The van der Waals surface area contributed by atoms with Crippen LogP contribution in [0.3, 0.4) is 0 Å². The third kappa shape index (κ3) is 7.02. The van der Waals surface area contributed by atoms with E-state index >= 15 is 0 Å². The van der Waals surface area contributed by atoms with Gasteiger partial charge in [-0.15, -0.1) is 11.8 Å². The first-order chi connectivity index (χ1) is 11.6. The topological polar surface area (TPSA) is 29.1 Å². The zero-order valence-electron chi connectivity index (χ0n) is 14.4. The highest BCUT2D eigenvalue weighted by Crippen LogP contribution is 2.16. The highest BCUT2D eigenvalue weighted by atomic mass is 32.2. The Balaban J connectivity index is 1.54. The number of rotatable bonds is 9. The van der Waals surface area contributed by atoms with Crippen LogP contribution in [0.15, 0.2) is 48.5 Å². The van der Waals surface area contributed by atoms with E-state index in [-0.39, 0.29) is 5.91 Å². The van der Waals surface area contributed by atoms with Crippen LogP contribution in [0.1, 0.15) is 22.3 Å². The van der Waals surface area contributed by atoms with Crippen LogP contribution in [0.5, 0.6) is 0 Å². The minimum Gasteiger partial charge on any atom is -0.355 e. The fraction of sp³-hybridized carbons (Fsp3) is 0.350. The van der Waals surface area contributed by atoms with Crippen LogP contribution < -0.4 is 5.32 Å². The number of benzene rings is 2. The molecule has 0 spiro atoms. The molecule has 4 heteroatoms. The van der Waals surface area contributed by atoms with E-state index in [1.165, 1.54) is 22.3 Å². The van der Waals surface area contributed by atoms with Crippen molar-refractivity contribution in [2.24, 2.45) is 0 Å². The summed E-state index contributed by atoms with van der Waals surface area (Å²) < 4.78 is 0. The highest BCUT2D eigenvalue weighted by Gasteiger charge is 2.03. The zero-order chi connectivity index (χ0) is 17.2. The summed E-state index contributed by atoms with van der Waals surface area (Å²) in [5.74, 6) is 3.49. The normalized spacial score (nSPS) is 10.6. The Morgan fingerprint density at radius 2 is 1.83 bits per heavy atom. The minimum absolute atomic E-state index is 0.129. The second-order valence-corrected chi connectivity index (χ2v) is 7.90. The number of carbonyl (C=O) groups is 1. The van der Waals surface area contributed by atoms with E-state index in [4.69, 9.17) is 0 Å². The van der Waals surface area contributed by atoms with Crippen LogP contribution in [0.2, 0.25) is 0 Å². The monoisotopic (exact) mass is 359 g/mol. The molecule has 2 rings (SSSR count). The predicted octanol–water partition coefficient (Wildman–Crippen LogP) is 4.59. The Morgan fingerprint density at radius 3 is 2.62 bits per heavy atom. The fourth-order valence-electron chi connectivity index (χ4n) is 2.33. The predicted molar refractivity (Wildman–Crippen MR) is 108 cm³/mol. The largest absolute Gasteiger partial charge is 0.355 e. The van der Waals surface area contributed by atoms with Crippen molar-refractivity contribution in [2.45, 2.75) is 25.4 Å². The van der Waals surface area contributed by atoms with Crippen LogP contribution in [0.25, 0.3) is 0 Å². The average Bonchev–Trinajstić information content (AvgIpc) is 2.56. The molecule has 0 radical (unpaired) electrons. The SMILES string of the molecule is Cc1cccc(CSCCNC(=O)CSCc2ccccc2C)c1. The Morgan fingerprint density at radius 1 is 1.00 bits per heavy atom. The van der Waals surface area contributed by atoms with Gasteiger partial charge in [-0.1, -0.05) is 54.1 Å². The molecule has 0 aliphatic rings. The van der Waals surface area contributed by atoms with Gasteiger partial charge in [-0.05, 0) is 30.5 Å². The van der Waals surface area contributed by atoms with Gasteiger partial charge in [-0.25, -0.2) is 0 Å². The van der Waals surface area contributed by atoms with E-state index in [1.54, 1.807) is 11.8 Å².